The Bertz CT molecular complexity index is 296. The van der Waals surface area contributed by atoms with Crippen molar-refractivity contribution in [2.45, 2.75) is 83.1 Å². The lowest BCUT2D eigenvalue weighted by atomic mass is 9.96. The van der Waals surface area contributed by atoms with Crippen molar-refractivity contribution in [3.05, 3.63) is 0 Å². The maximum absolute atomic E-state index is 12.3. The van der Waals surface area contributed by atoms with Crippen molar-refractivity contribution in [2.24, 2.45) is 0 Å². The molecule has 0 radical (unpaired) electrons. The summed E-state index contributed by atoms with van der Waals surface area (Å²) >= 11 is 2.04. The molecule has 1 saturated carbocycles. The van der Waals surface area contributed by atoms with Gasteiger partial charge < -0.3 is 4.74 Å². The number of rotatable bonds is 9. The highest BCUT2D eigenvalue weighted by Crippen LogP contribution is 2.38. The van der Waals surface area contributed by atoms with Gasteiger partial charge in [-0.25, -0.2) is 0 Å². The first-order valence-corrected chi connectivity index (χ1v) is 9.15. The number of nitrogens with one attached hydrogen (secondary N) is 1. The van der Waals surface area contributed by atoms with Crippen molar-refractivity contribution in [1.82, 2.24) is 5.32 Å². The van der Waals surface area contributed by atoms with Crippen LogP contribution in [0.5, 0.6) is 0 Å². The van der Waals surface area contributed by atoms with E-state index in [0.29, 0.717) is 17.9 Å². The second-order valence-corrected chi connectivity index (χ2v) is 7.45. The normalized spacial score (nSPS) is 26.1. The van der Waals surface area contributed by atoms with Crippen LogP contribution in [0.2, 0.25) is 0 Å². The van der Waals surface area contributed by atoms with Crippen molar-refractivity contribution in [3.8, 4) is 0 Å². The van der Waals surface area contributed by atoms with Crippen molar-refractivity contribution >= 4 is 17.7 Å². The number of ether oxygens (including phenoxy) is 1. The fraction of sp³-hybridized carbons (Fsp3) is 0.938. The van der Waals surface area contributed by atoms with Crippen molar-refractivity contribution in [3.63, 3.8) is 0 Å². The number of carbonyl (C=O) groups excluding carboxylic acids is 1. The van der Waals surface area contributed by atoms with Crippen LogP contribution in [0.3, 0.4) is 0 Å². The Labute approximate surface area is 128 Å². The monoisotopic (exact) mass is 301 g/mol. The zero-order valence-electron chi connectivity index (χ0n) is 13.5. The van der Waals surface area contributed by atoms with Crippen LogP contribution < -0.4 is 5.32 Å². The molecule has 2 unspecified atom stereocenters. The minimum atomic E-state index is -0.438. The van der Waals surface area contributed by atoms with Crippen LogP contribution in [0.25, 0.3) is 0 Å². The van der Waals surface area contributed by atoms with E-state index in [-0.39, 0.29) is 5.97 Å². The summed E-state index contributed by atoms with van der Waals surface area (Å²) in [5.41, 5.74) is -0.438. The maximum atomic E-state index is 12.3. The minimum absolute atomic E-state index is 0.0506. The first kappa shape index (κ1) is 17.8. The zero-order valence-corrected chi connectivity index (χ0v) is 14.4. The molecule has 3 nitrogen and oxygen atoms in total. The van der Waals surface area contributed by atoms with Gasteiger partial charge in [-0.05, 0) is 52.2 Å². The Balaban J connectivity index is 2.53. The third-order valence-corrected chi connectivity index (χ3v) is 5.20. The van der Waals surface area contributed by atoms with E-state index in [1.165, 1.54) is 25.0 Å². The molecule has 20 heavy (non-hydrogen) atoms. The average molecular weight is 301 g/mol. The predicted octanol–water partition coefficient (Wildman–Crippen LogP) is 3.76. The lowest BCUT2D eigenvalue weighted by Crippen LogP contribution is -2.54. The fourth-order valence-corrected chi connectivity index (χ4v) is 4.33. The Morgan fingerprint density at radius 1 is 1.40 bits per heavy atom. The summed E-state index contributed by atoms with van der Waals surface area (Å²) < 4.78 is 5.31. The summed E-state index contributed by atoms with van der Waals surface area (Å²) in [6.07, 6.45) is 6.83. The molecule has 0 saturated heterocycles. The number of hydrogen-bond acceptors (Lipinski definition) is 4. The van der Waals surface area contributed by atoms with E-state index in [1.54, 1.807) is 0 Å². The summed E-state index contributed by atoms with van der Waals surface area (Å²) in [6.45, 7) is 8.78. The molecule has 1 aliphatic carbocycles. The second kappa shape index (κ2) is 8.93. The Morgan fingerprint density at radius 3 is 2.75 bits per heavy atom. The SMILES string of the molecule is CCCCCSC1CCC(NC(C)C)(C(=O)OCC)C1. The second-order valence-electron chi connectivity index (χ2n) is 6.04. The van der Waals surface area contributed by atoms with Gasteiger partial charge in [0.25, 0.3) is 0 Å². The molecule has 0 amide bonds. The number of thioether (sulfide) groups is 1. The van der Waals surface area contributed by atoms with Crippen LogP contribution in [0, 0.1) is 0 Å². The standard InChI is InChI=1S/C16H31NO2S/c1-5-7-8-11-20-14-9-10-16(12-14,17-13(3)4)15(18)19-6-2/h13-14,17H,5-12H2,1-4H3. The first-order valence-electron chi connectivity index (χ1n) is 8.10. The van der Waals surface area contributed by atoms with E-state index in [4.69, 9.17) is 4.74 Å². The molecule has 0 bridgehead atoms. The van der Waals surface area contributed by atoms with E-state index in [2.05, 4.69) is 26.1 Å². The van der Waals surface area contributed by atoms with E-state index >= 15 is 0 Å². The van der Waals surface area contributed by atoms with Gasteiger partial charge in [-0.3, -0.25) is 10.1 Å². The molecule has 0 spiro atoms. The molecule has 4 heteroatoms. The highest BCUT2D eigenvalue weighted by molar-refractivity contribution is 7.99. The van der Waals surface area contributed by atoms with E-state index in [0.717, 1.165) is 19.3 Å². The molecular weight excluding hydrogens is 270 g/mol. The Morgan fingerprint density at radius 2 is 2.15 bits per heavy atom. The smallest absolute Gasteiger partial charge is 0.326 e. The van der Waals surface area contributed by atoms with Gasteiger partial charge in [0.15, 0.2) is 0 Å². The fourth-order valence-electron chi connectivity index (χ4n) is 2.94. The molecule has 1 rings (SSSR count). The molecule has 1 fully saturated rings. The highest BCUT2D eigenvalue weighted by atomic mass is 32.2. The molecule has 0 heterocycles. The number of hydrogen-bond donors (Lipinski definition) is 1. The number of carbonyl (C=O) groups is 1. The molecule has 0 aromatic heterocycles. The molecule has 2 atom stereocenters. The van der Waals surface area contributed by atoms with Gasteiger partial charge in [-0.15, -0.1) is 0 Å². The summed E-state index contributed by atoms with van der Waals surface area (Å²) in [5.74, 6) is 1.17. The third kappa shape index (κ3) is 5.28. The first-order chi connectivity index (χ1) is 9.54. The van der Waals surface area contributed by atoms with Gasteiger partial charge in [0, 0.05) is 11.3 Å². The molecule has 1 N–H and O–H groups in total. The van der Waals surface area contributed by atoms with Crippen molar-refractivity contribution in [1.29, 1.82) is 0 Å². The molecule has 0 aliphatic heterocycles. The topological polar surface area (TPSA) is 38.3 Å². The van der Waals surface area contributed by atoms with Crippen LogP contribution in [0.1, 0.15) is 66.2 Å². The largest absolute Gasteiger partial charge is 0.465 e. The highest BCUT2D eigenvalue weighted by Gasteiger charge is 2.46. The Hall–Kier alpha value is -0.220. The van der Waals surface area contributed by atoms with Crippen LogP contribution in [-0.4, -0.2) is 35.2 Å². The molecular formula is C16H31NO2S. The quantitative estimate of drug-likeness (QED) is 0.520. The van der Waals surface area contributed by atoms with Gasteiger partial charge in [0.1, 0.15) is 5.54 Å². The van der Waals surface area contributed by atoms with Crippen LogP contribution in [0.15, 0.2) is 0 Å². The zero-order chi connectivity index (χ0) is 15.0. The van der Waals surface area contributed by atoms with Crippen molar-refractivity contribution in [2.75, 3.05) is 12.4 Å². The molecule has 0 aromatic rings. The predicted molar refractivity (Wildman–Crippen MR) is 87.3 cm³/mol. The van der Waals surface area contributed by atoms with Gasteiger partial charge in [-0.2, -0.15) is 11.8 Å². The molecule has 0 aromatic carbocycles. The van der Waals surface area contributed by atoms with E-state index < -0.39 is 5.54 Å². The van der Waals surface area contributed by atoms with Gasteiger partial charge in [0.05, 0.1) is 6.61 Å². The summed E-state index contributed by atoms with van der Waals surface area (Å²) in [7, 11) is 0. The van der Waals surface area contributed by atoms with Crippen molar-refractivity contribution < 1.29 is 9.53 Å². The van der Waals surface area contributed by atoms with E-state index in [9.17, 15) is 4.79 Å². The van der Waals surface area contributed by atoms with Crippen LogP contribution in [-0.2, 0) is 9.53 Å². The Kier molecular flexibility index (Phi) is 7.96. The lowest BCUT2D eigenvalue weighted by Gasteiger charge is -2.30. The minimum Gasteiger partial charge on any atom is -0.465 e. The molecule has 118 valence electrons. The number of esters is 1. The van der Waals surface area contributed by atoms with Gasteiger partial charge in [0.2, 0.25) is 0 Å². The van der Waals surface area contributed by atoms with E-state index in [1.807, 2.05) is 18.7 Å². The lowest BCUT2D eigenvalue weighted by molar-refractivity contribution is -0.151. The maximum Gasteiger partial charge on any atom is 0.326 e. The molecule has 1 aliphatic rings. The third-order valence-electron chi connectivity index (χ3n) is 3.80. The van der Waals surface area contributed by atoms with Gasteiger partial charge in [-0.1, -0.05) is 19.8 Å². The summed E-state index contributed by atoms with van der Waals surface area (Å²) in [5, 5.41) is 4.08. The van der Waals surface area contributed by atoms with Crippen LogP contribution >= 0.6 is 11.8 Å². The number of unbranched alkanes of at least 4 members (excludes halogenated alkanes) is 2. The van der Waals surface area contributed by atoms with Crippen LogP contribution in [0.4, 0.5) is 0 Å². The average Bonchev–Trinajstić information content (AvgIpc) is 2.79. The van der Waals surface area contributed by atoms with Gasteiger partial charge >= 0.3 is 5.97 Å². The summed E-state index contributed by atoms with van der Waals surface area (Å²) in [4.78, 5) is 12.3. The summed E-state index contributed by atoms with van der Waals surface area (Å²) in [6, 6.07) is 0.309.